The first kappa shape index (κ1) is 9.55. The van der Waals surface area contributed by atoms with Crippen LogP contribution in [0.25, 0.3) is 0 Å². The molecule has 54 valence electrons. The van der Waals surface area contributed by atoms with Gasteiger partial charge in [0.1, 0.15) is 5.37 Å². The number of amidine groups is 1. The zero-order valence-corrected chi connectivity index (χ0v) is 8.76. The summed E-state index contributed by atoms with van der Waals surface area (Å²) in [7, 11) is 2.02. The minimum atomic E-state index is 0. The van der Waals surface area contributed by atoms with Crippen LogP contribution < -0.4 is 0 Å². The number of aliphatic imine (C=N–C) groups is 1. The molecule has 0 aliphatic carbocycles. The van der Waals surface area contributed by atoms with Crippen LogP contribution in [0, 0.1) is 0 Å². The topological polar surface area (TPSA) is 15.6 Å². The summed E-state index contributed by atoms with van der Waals surface area (Å²) in [5.74, 6) is 1.09. The van der Waals surface area contributed by atoms with Crippen molar-refractivity contribution in [3.8, 4) is 0 Å². The van der Waals surface area contributed by atoms with Crippen LogP contribution in [0.4, 0.5) is 0 Å². The number of nitrogens with zero attached hydrogens (tertiary/aromatic N) is 2. The van der Waals surface area contributed by atoms with E-state index in [0.29, 0.717) is 0 Å². The summed E-state index contributed by atoms with van der Waals surface area (Å²) in [6, 6.07) is 0. The number of rotatable bonds is 0. The van der Waals surface area contributed by atoms with Crippen molar-refractivity contribution in [3.63, 3.8) is 0 Å². The summed E-state index contributed by atoms with van der Waals surface area (Å²) >= 11 is 4.18. The van der Waals surface area contributed by atoms with E-state index in [9.17, 15) is 0 Å². The number of thiol groups is 1. The van der Waals surface area contributed by atoms with E-state index >= 15 is 0 Å². The van der Waals surface area contributed by atoms with Gasteiger partial charge in [-0.15, -0.1) is 24.0 Å². The molecule has 0 aromatic rings. The summed E-state index contributed by atoms with van der Waals surface area (Å²) in [6.07, 6.45) is 0. The minimum Gasteiger partial charge on any atom is -0.361 e. The molecule has 0 aromatic carbocycles. The molecule has 0 aromatic heterocycles. The second-order valence-corrected chi connectivity index (χ2v) is 2.63. The van der Waals surface area contributed by atoms with E-state index in [0.717, 1.165) is 12.4 Å². The van der Waals surface area contributed by atoms with Crippen LogP contribution in [0.2, 0.25) is 0 Å². The van der Waals surface area contributed by atoms with Gasteiger partial charge in [0.25, 0.3) is 0 Å². The molecule has 1 unspecified atom stereocenters. The van der Waals surface area contributed by atoms with E-state index in [1.54, 1.807) is 0 Å². The molecule has 0 amide bonds. The standard InChI is InChI=1S/C5H10N2S.HI/c1-4-6-5(8)3-7(4)2;/h5,8H,3H2,1-2H3;1H. The van der Waals surface area contributed by atoms with Crippen LogP contribution >= 0.6 is 36.6 Å². The summed E-state index contributed by atoms with van der Waals surface area (Å²) in [5, 5.41) is 0.208. The molecular weight excluding hydrogens is 247 g/mol. The Labute approximate surface area is 78.1 Å². The van der Waals surface area contributed by atoms with Gasteiger partial charge < -0.3 is 4.90 Å². The van der Waals surface area contributed by atoms with Crippen LogP contribution in [0.15, 0.2) is 4.99 Å². The maximum Gasteiger partial charge on any atom is 0.112 e. The van der Waals surface area contributed by atoms with E-state index in [4.69, 9.17) is 0 Å². The molecule has 0 radical (unpaired) electrons. The molecule has 1 aliphatic heterocycles. The Kier molecular flexibility index (Phi) is 3.88. The fraction of sp³-hybridized carbons (Fsp3) is 0.800. The van der Waals surface area contributed by atoms with Crippen LogP contribution in [-0.4, -0.2) is 29.7 Å². The molecule has 0 saturated carbocycles. The van der Waals surface area contributed by atoms with Crippen molar-refractivity contribution in [1.29, 1.82) is 0 Å². The molecule has 1 heterocycles. The van der Waals surface area contributed by atoms with Crippen LogP contribution in [0.1, 0.15) is 6.92 Å². The molecule has 9 heavy (non-hydrogen) atoms. The molecule has 0 saturated heterocycles. The highest BCUT2D eigenvalue weighted by Gasteiger charge is 2.13. The van der Waals surface area contributed by atoms with Crippen molar-refractivity contribution in [1.82, 2.24) is 4.90 Å². The lowest BCUT2D eigenvalue weighted by molar-refractivity contribution is 0.544. The molecule has 4 heteroatoms. The zero-order chi connectivity index (χ0) is 6.15. The molecule has 0 spiro atoms. The second kappa shape index (κ2) is 3.65. The molecule has 0 N–H and O–H groups in total. The summed E-state index contributed by atoms with van der Waals surface area (Å²) in [5.41, 5.74) is 0. The molecule has 1 rings (SSSR count). The predicted octanol–water partition coefficient (Wildman–Crippen LogP) is 1.22. The van der Waals surface area contributed by atoms with E-state index in [1.807, 2.05) is 14.0 Å². The Balaban J connectivity index is 0.000000640. The van der Waals surface area contributed by atoms with E-state index in [-0.39, 0.29) is 29.4 Å². The van der Waals surface area contributed by atoms with Crippen molar-refractivity contribution < 1.29 is 0 Å². The monoisotopic (exact) mass is 258 g/mol. The highest BCUT2D eigenvalue weighted by atomic mass is 127. The van der Waals surface area contributed by atoms with Gasteiger partial charge in [-0.1, -0.05) is 0 Å². The minimum absolute atomic E-state index is 0. The normalized spacial score (nSPS) is 25.4. The maximum atomic E-state index is 4.18. The Morgan fingerprint density at radius 2 is 2.33 bits per heavy atom. The summed E-state index contributed by atoms with van der Waals surface area (Å²) in [6.45, 7) is 2.95. The first-order chi connectivity index (χ1) is 3.70. The molecule has 2 nitrogen and oxygen atoms in total. The second-order valence-electron chi connectivity index (χ2n) is 2.04. The first-order valence-electron chi connectivity index (χ1n) is 2.64. The zero-order valence-electron chi connectivity index (χ0n) is 5.53. The van der Waals surface area contributed by atoms with E-state index < -0.39 is 0 Å². The Morgan fingerprint density at radius 3 is 2.44 bits per heavy atom. The molecule has 0 fully saturated rings. The van der Waals surface area contributed by atoms with Gasteiger partial charge in [0.15, 0.2) is 0 Å². The SMILES string of the molecule is CC1=NC(S)CN1C.I. The van der Waals surface area contributed by atoms with Crippen molar-refractivity contribution in [2.24, 2.45) is 4.99 Å². The number of hydrogen-bond acceptors (Lipinski definition) is 3. The van der Waals surface area contributed by atoms with Gasteiger partial charge in [-0.25, -0.2) is 0 Å². The average Bonchev–Trinajstić information content (AvgIpc) is 1.85. The van der Waals surface area contributed by atoms with Gasteiger partial charge in [-0.2, -0.15) is 12.6 Å². The number of halogens is 1. The Morgan fingerprint density at radius 1 is 1.78 bits per heavy atom. The van der Waals surface area contributed by atoms with E-state index in [1.165, 1.54) is 0 Å². The van der Waals surface area contributed by atoms with Gasteiger partial charge in [0.2, 0.25) is 0 Å². The predicted molar refractivity (Wildman–Crippen MR) is 53.9 cm³/mol. The molecule has 0 bridgehead atoms. The Hall–Kier alpha value is 0.550. The van der Waals surface area contributed by atoms with E-state index in [2.05, 4.69) is 22.5 Å². The van der Waals surface area contributed by atoms with Gasteiger partial charge in [0.05, 0.1) is 12.4 Å². The molecule has 1 atom stereocenters. The third kappa shape index (κ3) is 2.33. The van der Waals surface area contributed by atoms with Crippen molar-refractivity contribution in [2.75, 3.05) is 13.6 Å². The lowest BCUT2D eigenvalue weighted by Crippen LogP contribution is -2.20. The van der Waals surface area contributed by atoms with Crippen molar-refractivity contribution in [3.05, 3.63) is 0 Å². The van der Waals surface area contributed by atoms with Crippen molar-refractivity contribution >= 4 is 42.4 Å². The molecule has 1 aliphatic rings. The fourth-order valence-electron chi connectivity index (χ4n) is 0.732. The third-order valence-electron chi connectivity index (χ3n) is 1.33. The average molecular weight is 258 g/mol. The molecular formula is C5H11IN2S. The highest BCUT2D eigenvalue weighted by Crippen LogP contribution is 2.08. The smallest absolute Gasteiger partial charge is 0.112 e. The lowest BCUT2D eigenvalue weighted by Gasteiger charge is -2.08. The van der Waals surface area contributed by atoms with Crippen LogP contribution in [-0.2, 0) is 0 Å². The van der Waals surface area contributed by atoms with Crippen molar-refractivity contribution in [2.45, 2.75) is 12.3 Å². The Bertz CT molecular complexity index is 126. The number of hydrogen-bond donors (Lipinski definition) is 1. The highest BCUT2D eigenvalue weighted by molar-refractivity contribution is 14.0. The van der Waals surface area contributed by atoms with Crippen LogP contribution in [0.3, 0.4) is 0 Å². The van der Waals surface area contributed by atoms with Gasteiger partial charge in [-0.3, -0.25) is 4.99 Å². The first-order valence-corrected chi connectivity index (χ1v) is 3.15. The lowest BCUT2D eigenvalue weighted by atomic mass is 10.6. The number of likely N-dealkylation sites (N-methyl/N-ethyl adjacent to an activating group) is 1. The summed E-state index contributed by atoms with van der Waals surface area (Å²) in [4.78, 5) is 6.27. The summed E-state index contributed by atoms with van der Waals surface area (Å²) < 4.78 is 0. The van der Waals surface area contributed by atoms with Gasteiger partial charge in [0, 0.05) is 7.05 Å². The quantitative estimate of drug-likeness (QED) is 0.510. The fourth-order valence-corrected chi connectivity index (χ4v) is 1.14. The maximum absolute atomic E-state index is 4.18. The van der Waals surface area contributed by atoms with Gasteiger partial charge >= 0.3 is 0 Å². The van der Waals surface area contributed by atoms with Crippen LogP contribution in [0.5, 0.6) is 0 Å². The largest absolute Gasteiger partial charge is 0.361 e. The van der Waals surface area contributed by atoms with Gasteiger partial charge in [-0.05, 0) is 6.92 Å². The third-order valence-corrected chi connectivity index (χ3v) is 1.60.